The maximum absolute atomic E-state index is 14.0. The summed E-state index contributed by atoms with van der Waals surface area (Å²) in [6.07, 6.45) is 4.18. The third-order valence-electron chi connectivity index (χ3n) is 3.45. The molecule has 0 nitrogen and oxygen atoms in total. The van der Waals surface area contributed by atoms with Gasteiger partial charge in [-0.05, 0) is 36.0 Å². The van der Waals surface area contributed by atoms with E-state index in [0.717, 1.165) is 12.8 Å². The van der Waals surface area contributed by atoms with E-state index in [2.05, 4.69) is 6.58 Å². The van der Waals surface area contributed by atoms with E-state index in [4.69, 9.17) is 0 Å². The summed E-state index contributed by atoms with van der Waals surface area (Å²) in [7, 11) is 0. The van der Waals surface area contributed by atoms with Crippen molar-refractivity contribution in [3.8, 4) is 11.1 Å². The van der Waals surface area contributed by atoms with Gasteiger partial charge in [-0.15, -0.1) is 6.58 Å². The molecule has 0 fully saturated rings. The number of allylic oxidation sites excluding steroid dienone is 1. The van der Waals surface area contributed by atoms with Crippen LogP contribution in [-0.2, 0) is 12.8 Å². The van der Waals surface area contributed by atoms with Gasteiger partial charge < -0.3 is 0 Å². The Morgan fingerprint density at radius 2 is 1.70 bits per heavy atom. The van der Waals surface area contributed by atoms with Crippen molar-refractivity contribution < 1.29 is 8.78 Å². The van der Waals surface area contributed by atoms with Crippen LogP contribution in [-0.4, -0.2) is 0 Å². The Kier molecular flexibility index (Phi) is 4.67. The molecule has 20 heavy (non-hydrogen) atoms. The number of aryl methyl sites for hydroxylation is 2. The predicted octanol–water partition coefficient (Wildman–Crippen LogP) is 5.31. The zero-order valence-corrected chi connectivity index (χ0v) is 11.6. The van der Waals surface area contributed by atoms with E-state index in [9.17, 15) is 8.78 Å². The van der Waals surface area contributed by atoms with Gasteiger partial charge in [0.1, 0.15) is 0 Å². The third-order valence-corrected chi connectivity index (χ3v) is 3.45. The van der Waals surface area contributed by atoms with Gasteiger partial charge in [-0.1, -0.05) is 49.4 Å². The normalized spacial score (nSPS) is 10.6. The Hall–Kier alpha value is -1.96. The number of hydrogen-bond acceptors (Lipinski definition) is 0. The van der Waals surface area contributed by atoms with Crippen molar-refractivity contribution in [3.63, 3.8) is 0 Å². The van der Waals surface area contributed by atoms with Gasteiger partial charge in [0, 0.05) is 5.56 Å². The fourth-order valence-corrected chi connectivity index (χ4v) is 2.21. The first-order valence-electron chi connectivity index (χ1n) is 6.84. The molecule has 0 N–H and O–H groups in total. The molecule has 0 aliphatic rings. The van der Waals surface area contributed by atoms with Crippen molar-refractivity contribution in [2.45, 2.75) is 26.2 Å². The minimum atomic E-state index is -0.761. The zero-order valence-electron chi connectivity index (χ0n) is 11.6. The van der Waals surface area contributed by atoms with Gasteiger partial charge in [0.2, 0.25) is 0 Å². The molecule has 0 radical (unpaired) electrons. The Labute approximate surface area is 118 Å². The fraction of sp³-hybridized carbons (Fsp3) is 0.222. The first-order chi connectivity index (χ1) is 9.67. The number of benzene rings is 2. The van der Waals surface area contributed by atoms with E-state index in [0.29, 0.717) is 23.1 Å². The number of hydrogen-bond donors (Lipinski definition) is 0. The molecule has 0 aromatic heterocycles. The van der Waals surface area contributed by atoms with Crippen LogP contribution in [0.15, 0.2) is 49.1 Å². The summed E-state index contributed by atoms with van der Waals surface area (Å²) in [5, 5.41) is 0. The minimum Gasteiger partial charge on any atom is -0.203 e. The Morgan fingerprint density at radius 1 is 1.00 bits per heavy atom. The molecule has 0 saturated carbocycles. The molecule has 0 unspecified atom stereocenters. The maximum atomic E-state index is 14.0. The fourth-order valence-electron chi connectivity index (χ4n) is 2.21. The predicted molar refractivity (Wildman–Crippen MR) is 79.7 cm³/mol. The van der Waals surface area contributed by atoms with E-state index < -0.39 is 11.6 Å². The summed E-state index contributed by atoms with van der Waals surface area (Å²) >= 11 is 0. The van der Waals surface area contributed by atoms with E-state index in [1.165, 1.54) is 5.56 Å². The lowest BCUT2D eigenvalue weighted by molar-refractivity contribution is 0.502. The van der Waals surface area contributed by atoms with Crippen molar-refractivity contribution in [1.82, 2.24) is 0 Å². The van der Waals surface area contributed by atoms with Crippen LogP contribution in [0.1, 0.15) is 24.5 Å². The zero-order chi connectivity index (χ0) is 14.5. The average Bonchev–Trinajstić information content (AvgIpc) is 2.48. The molecule has 104 valence electrons. The molecule has 2 rings (SSSR count). The molecule has 2 aromatic carbocycles. The lowest BCUT2D eigenvalue weighted by Crippen LogP contribution is -1.96. The van der Waals surface area contributed by atoms with E-state index in [1.807, 2.05) is 37.3 Å². The molecule has 0 amide bonds. The van der Waals surface area contributed by atoms with Crippen LogP contribution >= 0.6 is 0 Å². The lowest BCUT2D eigenvalue weighted by atomic mass is 9.99. The quantitative estimate of drug-likeness (QED) is 0.647. The Bertz CT molecular complexity index is 598. The van der Waals surface area contributed by atoms with Crippen molar-refractivity contribution in [1.29, 1.82) is 0 Å². The van der Waals surface area contributed by atoms with E-state index in [1.54, 1.807) is 12.1 Å². The van der Waals surface area contributed by atoms with Crippen LogP contribution < -0.4 is 0 Å². The molecule has 0 aliphatic carbocycles. The lowest BCUT2D eigenvalue weighted by Gasteiger charge is -2.08. The summed E-state index contributed by atoms with van der Waals surface area (Å²) in [5.74, 6) is -1.50. The molecule has 0 spiro atoms. The molecular weight excluding hydrogens is 254 g/mol. The Balaban J connectivity index is 2.32. The molecule has 0 heterocycles. The third kappa shape index (κ3) is 2.96. The molecule has 0 saturated heterocycles. The first kappa shape index (κ1) is 14.4. The molecule has 2 aromatic rings. The number of rotatable bonds is 5. The van der Waals surface area contributed by atoms with Gasteiger partial charge >= 0.3 is 0 Å². The van der Waals surface area contributed by atoms with Crippen LogP contribution in [0.2, 0.25) is 0 Å². The summed E-state index contributed by atoms with van der Waals surface area (Å²) < 4.78 is 27.9. The molecular formula is C18H18F2. The molecule has 0 bridgehead atoms. The van der Waals surface area contributed by atoms with Crippen molar-refractivity contribution in [2.24, 2.45) is 0 Å². The molecule has 0 atom stereocenters. The average molecular weight is 272 g/mol. The van der Waals surface area contributed by atoms with Gasteiger partial charge in [-0.3, -0.25) is 0 Å². The van der Waals surface area contributed by atoms with Crippen LogP contribution in [0.3, 0.4) is 0 Å². The highest BCUT2D eigenvalue weighted by molar-refractivity contribution is 5.65. The standard InChI is InChI=1S/C18H18F2/c1-3-5-6-13-7-9-15(10-8-13)16-12-11-14(4-2)17(19)18(16)20/h3,7-12H,1,4-6H2,2H3. The SMILES string of the molecule is C=CCCc1ccc(-c2ccc(CC)c(F)c2F)cc1. The summed E-state index contributed by atoms with van der Waals surface area (Å²) in [4.78, 5) is 0. The Morgan fingerprint density at radius 3 is 2.30 bits per heavy atom. The summed E-state index contributed by atoms with van der Waals surface area (Å²) in [6.45, 7) is 5.50. The van der Waals surface area contributed by atoms with Crippen molar-refractivity contribution in [3.05, 3.63) is 71.8 Å². The second kappa shape index (κ2) is 6.47. The van der Waals surface area contributed by atoms with Crippen LogP contribution in [0, 0.1) is 11.6 Å². The topological polar surface area (TPSA) is 0 Å². The van der Waals surface area contributed by atoms with Crippen molar-refractivity contribution in [2.75, 3.05) is 0 Å². The van der Waals surface area contributed by atoms with Gasteiger partial charge in [-0.2, -0.15) is 0 Å². The second-order valence-electron chi connectivity index (χ2n) is 4.78. The summed E-state index contributed by atoms with van der Waals surface area (Å²) in [5.41, 5.74) is 2.59. The maximum Gasteiger partial charge on any atom is 0.166 e. The highest BCUT2D eigenvalue weighted by atomic mass is 19.2. The number of halogens is 2. The van der Waals surface area contributed by atoms with E-state index >= 15 is 0 Å². The van der Waals surface area contributed by atoms with Crippen LogP contribution in [0.5, 0.6) is 0 Å². The van der Waals surface area contributed by atoms with Gasteiger partial charge in [0.15, 0.2) is 11.6 Å². The van der Waals surface area contributed by atoms with Gasteiger partial charge in [0.25, 0.3) is 0 Å². The highest BCUT2D eigenvalue weighted by Crippen LogP contribution is 2.27. The largest absolute Gasteiger partial charge is 0.203 e. The summed E-state index contributed by atoms with van der Waals surface area (Å²) in [6, 6.07) is 10.9. The first-order valence-corrected chi connectivity index (χ1v) is 6.84. The monoisotopic (exact) mass is 272 g/mol. The van der Waals surface area contributed by atoms with Crippen LogP contribution in [0.4, 0.5) is 8.78 Å². The van der Waals surface area contributed by atoms with E-state index in [-0.39, 0.29) is 0 Å². The smallest absolute Gasteiger partial charge is 0.166 e. The molecule has 2 heteroatoms. The van der Waals surface area contributed by atoms with Gasteiger partial charge in [0.05, 0.1) is 0 Å². The minimum absolute atomic E-state index is 0.315. The van der Waals surface area contributed by atoms with Crippen molar-refractivity contribution >= 4 is 0 Å². The second-order valence-corrected chi connectivity index (χ2v) is 4.78. The van der Waals surface area contributed by atoms with Crippen LogP contribution in [0.25, 0.3) is 11.1 Å². The van der Waals surface area contributed by atoms with Gasteiger partial charge in [-0.25, -0.2) is 8.78 Å². The molecule has 0 aliphatic heterocycles. The highest BCUT2D eigenvalue weighted by Gasteiger charge is 2.13.